The number of carbonyl (C=O) groups is 1. The Morgan fingerprint density at radius 3 is 2.47 bits per heavy atom. The van der Waals surface area contributed by atoms with Crippen molar-refractivity contribution >= 4 is 5.91 Å². The molecule has 0 bridgehead atoms. The van der Waals surface area contributed by atoms with Gasteiger partial charge in [0.1, 0.15) is 0 Å². The number of hydrogen-bond acceptors (Lipinski definition) is 1. The van der Waals surface area contributed by atoms with E-state index in [1.165, 1.54) is 6.42 Å². The van der Waals surface area contributed by atoms with E-state index in [0.717, 1.165) is 29.9 Å². The predicted molar refractivity (Wildman–Crippen MR) is 79.4 cm³/mol. The van der Waals surface area contributed by atoms with E-state index in [1.807, 2.05) is 18.2 Å². The van der Waals surface area contributed by atoms with Crippen molar-refractivity contribution in [2.24, 2.45) is 5.92 Å². The summed E-state index contributed by atoms with van der Waals surface area (Å²) in [4.78, 5) is 12.5. The molecular formula is C17H25NO. The van der Waals surface area contributed by atoms with Crippen LogP contribution in [0.15, 0.2) is 24.3 Å². The number of benzene rings is 1. The molecule has 1 N–H and O–H groups in total. The van der Waals surface area contributed by atoms with Gasteiger partial charge in [-0.25, -0.2) is 0 Å². The Morgan fingerprint density at radius 1 is 1.21 bits per heavy atom. The Hall–Kier alpha value is -1.31. The fraction of sp³-hybridized carbons (Fsp3) is 0.588. The highest BCUT2D eigenvalue weighted by molar-refractivity contribution is 5.96. The van der Waals surface area contributed by atoms with E-state index in [-0.39, 0.29) is 11.3 Å². The first-order chi connectivity index (χ1) is 8.88. The highest BCUT2D eigenvalue weighted by Gasteiger charge is 2.26. The zero-order valence-electron chi connectivity index (χ0n) is 12.5. The second kappa shape index (κ2) is 5.36. The van der Waals surface area contributed by atoms with Crippen molar-refractivity contribution in [1.82, 2.24) is 5.32 Å². The topological polar surface area (TPSA) is 29.1 Å². The van der Waals surface area contributed by atoms with Crippen LogP contribution in [-0.2, 0) is 5.41 Å². The quantitative estimate of drug-likeness (QED) is 0.857. The maximum Gasteiger partial charge on any atom is 0.251 e. The summed E-state index contributed by atoms with van der Waals surface area (Å²) >= 11 is 0. The lowest BCUT2D eigenvalue weighted by atomic mass is 9.83. The molecule has 1 amide bonds. The van der Waals surface area contributed by atoms with E-state index >= 15 is 0 Å². The third kappa shape index (κ3) is 3.37. The highest BCUT2D eigenvalue weighted by atomic mass is 16.1. The van der Waals surface area contributed by atoms with Gasteiger partial charge in [0.15, 0.2) is 0 Å². The number of carbonyl (C=O) groups excluding carboxylic acids is 1. The lowest BCUT2D eigenvalue weighted by molar-refractivity contribution is 0.0935. The van der Waals surface area contributed by atoms with Crippen molar-refractivity contribution in [2.75, 3.05) is 0 Å². The molecule has 104 valence electrons. The summed E-state index contributed by atoms with van der Waals surface area (Å²) in [6.07, 6.45) is 3.46. The predicted octanol–water partition coefficient (Wildman–Crippen LogP) is 3.90. The molecule has 2 atom stereocenters. The van der Waals surface area contributed by atoms with Crippen molar-refractivity contribution in [3.05, 3.63) is 35.4 Å². The van der Waals surface area contributed by atoms with Gasteiger partial charge in [-0.1, -0.05) is 45.9 Å². The molecular weight excluding hydrogens is 234 g/mol. The minimum absolute atomic E-state index is 0.00307. The van der Waals surface area contributed by atoms with Gasteiger partial charge in [0.2, 0.25) is 0 Å². The first-order valence-electron chi connectivity index (χ1n) is 7.28. The molecule has 1 aliphatic rings. The number of hydrogen-bond donors (Lipinski definition) is 1. The molecule has 1 fully saturated rings. The standard InChI is InChI=1S/C17H25NO/c1-12-9-10-13(11-12)18-16(19)14-7-5-6-8-15(14)17(2,3)4/h5-8,12-13H,9-11H2,1-4H3,(H,18,19). The van der Waals surface area contributed by atoms with Crippen molar-refractivity contribution < 1.29 is 4.79 Å². The summed E-state index contributed by atoms with van der Waals surface area (Å²) in [6.45, 7) is 8.71. The normalized spacial score (nSPS) is 23.4. The maximum absolute atomic E-state index is 12.5. The minimum Gasteiger partial charge on any atom is -0.349 e. The van der Waals surface area contributed by atoms with Crippen LogP contribution in [0.4, 0.5) is 0 Å². The smallest absolute Gasteiger partial charge is 0.251 e. The van der Waals surface area contributed by atoms with Gasteiger partial charge in [-0.05, 0) is 42.2 Å². The van der Waals surface area contributed by atoms with Crippen molar-refractivity contribution in [1.29, 1.82) is 0 Å². The molecule has 1 aromatic carbocycles. The van der Waals surface area contributed by atoms with Crippen LogP contribution in [0.2, 0.25) is 0 Å². The van der Waals surface area contributed by atoms with E-state index in [2.05, 4.69) is 39.1 Å². The van der Waals surface area contributed by atoms with Crippen LogP contribution >= 0.6 is 0 Å². The number of rotatable bonds is 2. The van der Waals surface area contributed by atoms with Gasteiger partial charge in [-0.15, -0.1) is 0 Å². The van der Waals surface area contributed by atoms with Crippen LogP contribution in [0.5, 0.6) is 0 Å². The second-order valence-corrected chi connectivity index (χ2v) is 6.88. The zero-order chi connectivity index (χ0) is 14.0. The molecule has 0 radical (unpaired) electrons. The molecule has 1 saturated carbocycles. The zero-order valence-corrected chi connectivity index (χ0v) is 12.5. The van der Waals surface area contributed by atoms with Crippen molar-refractivity contribution in [3.8, 4) is 0 Å². The highest BCUT2D eigenvalue weighted by Crippen LogP contribution is 2.27. The van der Waals surface area contributed by atoms with Crippen LogP contribution in [0.3, 0.4) is 0 Å². The molecule has 1 aliphatic carbocycles. The largest absolute Gasteiger partial charge is 0.349 e. The number of amides is 1. The number of nitrogens with one attached hydrogen (secondary N) is 1. The third-order valence-corrected chi connectivity index (χ3v) is 4.01. The Kier molecular flexibility index (Phi) is 3.98. The fourth-order valence-corrected chi connectivity index (χ4v) is 2.94. The molecule has 1 aromatic rings. The van der Waals surface area contributed by atoms with Gasteiger partial charge in [-0.2, -0.15) is 0 Å². The molecule has 0 heterocycles. The summed E-state index contributed by atoms with van der Waals surface area (Å²) in [7, 11) is 0. The van der Waals surface area contributed by atoms with Crippen molar-refractivity contribution in [3.63, 3.8) is 0 Å². The molecule has 0 saturated heterocycles. The molecule has 19 heavy (non-hydrogen) atoms. The summed E-state index contributed by atoms with van der Waals surface area (Å²) in [5.41, 5.74) is 1.95. The Labute approximate surface area is 116 Å². The van der Waals surface area contributed by atoms with Crippen LogP contribution < -0.4 is 5.32 Å². The Bertz CT molecular complexity index is 459. The van der Waals surface area contributed by atoms with E-state index in [4.69, 9.17) is 0 Å². The molecule has 2 heteroatoms. The van der Waals surface area contributed by atoms with Gasteiger partial charge < -0.3 is 5.32 Å². The van der Waals surface area contributed by atoms with Gasteiger partial charge >= 0.3 is 0 Å². The SMILES string of the molecule is CC1CCC(NC(=O)c2ccccc2C(C)(C)C)C1. The second-order valence-electron chi connectivity index (χ2n) is 6.88. The lowest BCUT2D eigenvalue weighted by Gasteiger charge is -2.23. The first kappa shape index (κ1) is 14.1. The van der Waals surface area contributed by atoms with E-state index in [9.17, 15) is 4.79 Å². The molecule has 0 aromatic heterocycles. The molecule has 0 aliphatic heterocycles. The van der Waals surface area contributed by atoms with Crippen molar-refractivity contribution in [2.45, 2.75) is 58.4 Å². The third-order valence-electron chi connectivity index (χ3n) is 4.01. The van der Waals surface area contributed by atoms with Crippen LogP contribution in [0.1, 0.15) is 62.9 Å². The summed E-state index contributed by atoms with van der Waals surface area (Å²) in [6, 6.07) is 8.31. The molecule has 2 nitrogen and oxygen atoms in total. The molecule has 2 unspecified atom stereocenters. The van der Waals surface area contributed by atoms with Gasteiger partial charge in [0, 0.05) is 11.6 Å². The lowest BCUT2D eigenvalue weighted by Crippen LogP contribution is -2.34. The fourth-order valence-electron chi connectivity index (χ4n) is 2.94. The van der Waals surface area contributed by atoms with Gasteiger partial charge in [-0.3, -0.25) is 4.79 Å². The van der Waals surface area contributed by atoms with Crippen LogP contribution in [0, 0.1) is 5.92 Å². The summed E-state index contributed by atoms with van der Waals surface area (Å²) in [5.74, 6) is 0.827. The van der Waals surface area contributed by atoms with E-state index < -0.39 is 0 Å². The summed E-state index contributed by atoms with van der Waals surface area (Å²) in [5, 5.41) is 3.20. The van der Waals surface area contributed by atoms with E-state index in [0.29, 0.717) is 6.04 Å². The van der Waals surface area contributed by atoms with Crippen LogP contribution in [0.25, 0.3) is 0 Å². The van der Waals surface area contributed by atoms with Gasteiger partial charge in [0.25, 0.3) is 5.91 Å². The van der Waals surface area contributed by atoms with E-state index in [1.54, 1.807) is 0 Å². The first-order valence-corrected chi connectivity index (χ1v) is 7.28. The average molecular weight is 259 g/mol. The average Bonchev–Trinajstić information content (AvgIpc) is 2.73. The summed E-state index contributed by atoms with van der Waals surface area (Å²) < 4.78 is 0. The molecule has 2 rings (SSSR count). The molecule has 0 spiro atoms. The van der Waals surface area contributed by atoms with Gasteiger partial charge in [0.05, 0.1) is 0 Å². The Balaban J connectivity index is 2.15. The Morgan fingerprint density at radius 2 is 1.89 bits per heavy atom. The minimum atomic E-state index is -0.00307. The monoisotopic (exact) mass is 259 g/mol. The van der Waals surface area contributed by atoms with Crippen LogP contribution in [-0.4, -0.2) is 11.9 Å². The maximum atomic E-state index is 12.5.